The molecule has 0 aromatic heterocycles. The third-order valence-electron chi connectivity index (χ3n) is 2.29. The van der Waals surface area contributed by atoms with E-state index in [4.69, 9.17) is 16.7 Å². The van der Waals surface area contributed by atoms with Crippen molar-refractivity contribution >= 4 is 44.9 Å². The van der Waals surface area contributed by atoms with Crippen molar-refractivity contribution in [2.45, 2.75) is 6.92 Å². The van der Waals surface area contributed by atoms with Gasteiger partial charge in [0.2, 0.25) is 15.9 Å². The van der Waals surface area contributed by atoms with Crippen LogP contribution in [0.3, 0.4) is 0 Å². The van der Waals surface area contributed by atoms with Gasteiger partial charge in [-0.05, 0) is 25.1 Å². The summed E-state index contributed by atoms with van der Waals surface area (Å²) < 4.78 is 24.4. The van der Waals surface area contributed by atoms with E-state index in [1.807, 2.05) is 0 Å². The maximum Gasteiger partial charge on any atom is 0.315 e. The number of hydrogen-bond donors (Lipinski definition) is 3. The van der Waals surface area contributed by atoms with Crippen LogP contribution in [0.25, 0.3) is 0 Å². The minimum atomic E-state index is -3.46. The third-order valence-corrected chi connectivity index (χ3v) is 3.23. The highest BCUT2D eigenvalue weighted by molar-refractivity contribution is 7.92. The molecule has 0 saturated heterocycles. The highest BCUT2D eigenvalue weighted by atomic mass is 35.5. The fraction of sp³-hybridized carbons (Fsp3) is 0.273. The van der Waals surface area contributed by atoms with Crippen LogP contribution in [0.1, 0.15) is 6.92 Å². The molecule has 1 aromatic carbocycles. The SMILES string of the molecule is CC(C(=O)O)C(=O)Nc1cc(NS(C)(=O)=O)ccc1Cl. The molecule has 0 radical (unpaired) electrons. The first-order valence-corrected chi connectivity index (χ1v) is 7.68. The van der Waals surface area contributed by atoms with Crippen molar-refractivity contribution in [1.82, 2.24) is 0 Å². The molecule has 0 bridgehead atoms. The molecular formula is C11H13ClN2O5S. The Hall–Kier alpha value is -1.80. The topological polar surface area (TPSA) is 113 Å². The average Bonchev–Trinajstić information content (AvgIpc) is 2.30. The van der Waals surface area contributed by atoms with Crippen molar-refractivity contribution in [1.29, 1.82) is 0 Å². The van der Waals surface area contributed by atoms with Crippen molar-refractivity contribution in [3.63, 3.8) is 0 Å². The van der Waals surface area contributed by atoms with E-state index in [0.717, 1.165) is 6.26 Å². The molecule has 0 saturated carbocycles. The fourth-order valence-corrected chi connectivity index (χ4v) is 1.97. The van der Waals surface area contributed by atoms with Gasteiger partial charge in [-0.25, -0.2) is 8.42 Å². The number of carboxylic acid groups (broad SMARTS) is 1. The Labute approximate surface area is 121 Å². The molecule has 0 fully saturated rings. The molecule has 20 heavy (non-hydrogen) atoms. The Morgan fingerprint density at radius 1 is 1.35 bits per heavy atom. The van der Waals surface area contributed by atoms with E-state index >= 15 is 0 Å². The number of carboxylic acids is 1. The second kappa shape index (κ2) is 6.10. The molecule has 3 N–H and O–H groups in total. The lowest BCUT2D eigenvalue weighted by atomic mass is 10.1. The van der Waals surface area contributed by atoms with Crippen LogP contribution in [0.2, 0.25) is 5.02 Å². The first kappa shape index (κ1) is 16.3. The number of rotatable bonds is 5. The Kier molecular flexibility index (Phi) is 4.96. The van der Waals surface area contributed by atoms with E-state index in [2.05, 4.69) is 10.0 Å². The van der Waals surface area contributed by atoms with E-state index in [1.54, 1.807) is 0 Å². The number of hydrogen-bond acceptors (Lipinski definition) is 4. The van der Waals surface area contributed by atoms with Crippen molar-refractivity contribution in [2.24, 2.45) is 5.92 Å². The number of anilines is 2. The summed E-state index contributed by atoms with van der Waals surface area (Å²) in [6.07, 6.45) is 0.979. The van der Waals surface area contributed by atoms with Crippen molar-refractivity contribution in [3.8, 4) is 0 Å². The summed E-state index contributed by atoms with van der Waals surface area (Å²) in [5.74, 6) is -3.28. The molecule has 1 amide bonds. The highest BCUT2D eigenvalue weighted by Crippen LogP contribution is 2.26. The number of benzene rings is 1. The summed E-state index contributed by atoms with van der Waals surface area (Å²) in [6, 6.07) is 4.10. The van der Waals surface area contributed by atoms with Gasteiger partial charge < -0.3 is 10.4 Å². The average molecular weight is 321 g/mol. The first-order valence-electron chi connectivity index (χ1n) is 5.41. The summed E-state index contributed by atoms with van der Waals surface area (Å²) >= 11 is 5.86. The maximum atomic E-state index is 11.6. The van der Waals surface area contributed by atoms with E-state index in [1.165, 1.54) is 25.1 Å². The van der Waals surface area contributed by atoms with Gasteiger partial charge in [0.25, 0.3) is 0 Å². The molecule has 0 heterocycles. The smallest absolute Gasteiger partial charge is 0.315 e. The monoisotopic (exact) mass is 320 g/mol. The highest BCUT2D eigenvalue weighted by Gasteiger charge is 2.21. The van der Waals surface area contributed by atoms with Gasteiger partial charge in [-0.3, -0.25) is 14.3 Å². The summed E-state index contributed by atoms with van der Waals surface area (Å²) in [4.78, 5) is 22.3. The van der Waals surface area contributed by atoms with Gasteiger partial charge >= 0.3 is 5.97 Å². The lowest BCUT2D eigenvalue weighted by molar-refractivity contribution is -0.144. The van der Waals surface area contributed by atoms with Crippen LogP contribution < -0.4 is 10.0 Å². The zero-order valence-electron chi connectivity index (χ0n) is 10.7. The first-order chi connectivity index (χ1) is 9.10. The number of aliphatic carboxylic acids is 1. The van der Waals surface area contributed by atoms with Crippen LogP contribution in [-0.4, -0.2) is 31.7 Å². The van der Waals surface area contributed by atoms with Crippen LogP contribution >= 0.6 is 11.6 Å². The lowest BCUT2D eigenvalue weighted by Crippen LogP contribution is -2.27. The second-order valence-electron chi connectivity index (χ2n) is 4.12. The number of amides is 1. The van der Waals surface area contributed by atoms with Crippen LogP contribution in [0.5, 0.6) is 0 Å². The van der Waals surface area contributed by atoms with E-state index < -0.39 is 27.8 Å². The minimum Gasteiger partial charge on any atom is -0.481 e. The molecular weight excluding hydrogens is 308 g/mol. The second-order valence-corrected chi connectivity index (χ2v) is 6.27. The Morgan fingerprint density at radius 2 is 1.95 bits per heavy atom. The number of nitrogens with one attached hydrogen (secondary N) is 2. The molecule has 0 aliphatic carbocycles. The van der Waals surface area contributed by atoms with Crippen molar-refractivity contribution in [2.75, 3.05) is 16.3 Å². The van der Waals surface area contributed by atoms with E-state index in [9.17, 15) is 18.0 Å². The van der Waals surface area contributed by atoms with Crippen LogP contribution in [-0.2, 0) is 19.6 Å². The number of carbonyl (C=O) groups excluding carboxylic acids is 1. The fourth-order valence-electron chi connectivity index (χ4n) is 1.25. The molecule has 9 heteroatoms. The standard InChI is InChI=1S/C11H13ClN2O5S/c1-6(11(16)17)10(15)13-9-5-7(3-4-8(9)12)14-20(2,18)19/h3-6,14H,1-2H3,(H,13,15)(H,16,17). The molecule has 1 aromatic rings. The molecule has 1 atom stereocenters. The Bertz CT molecular complexity index is 644. The van der Waals surface area contributed by atoms with Gasteiger partial charge in [0.1, 0.15) is 5.92 Å². The third kappa shape index (κ3) is 4.71. The largest absolute Gasteiger partial charge is 0.481 e. The van der Waals surface area contributed by atoms with Crippen molar-refractivity contribution in [3.05, 3.63) is 23.2 Å². The molecule has 1 rings (SSSR count). The summed E-state index contributed by atoms with van der Waals surface area (Å²) in [5, 5.41) is 11.2. The van der Waals surface area contributed by atoms with Gasteiger partial charge in [0.05, 0.1) is 22.7 Å². The van der Waals surface area contributed by atoms with Gasteiger partial charge in [0.15, 0.2) is 0 Å². The molecule has 0 spiro atoms. The van der Waals surface area contributed by atoms with Gasteiger partial charge in [-0.1, -0.05) is 11.6 Å². The van der Waals surface area contributed by atoms with Crippen molar-refractivity contribution < 1.29 is 23.1 Å². The maximum absolute atomic E-state index is 11.6. The van der Waals surface area contributed by atoms with E-state index in [0.29, 0.717) is 0 Å². The zero-order valence-corrected chi connectivity index (χ0v) is 12.2. The number of halogens is 1. The summed E-state index contributed by atoms with van der Waals surface area (Å²) in [5.41, 5.74) is 0.327. The Balaban J connectivity index is 2.98. The predicted molar refractivity (Wildman–Crippen MR) is 75.3 cm³/mol. The summed E-state index contributed by atoms with van der Waals surface area (Å²) in [6.45, 7) is 1.23. The van der Waals surface area contributed by atoms with Crippen LogP contribution in [0, 0.1) is 5.92 Å². The molecule has 0 aliphatic heterocycles. The number of carbonyl (C=O) groups is 2. The Morgan fingerprint density at radius 3 is 2.45 bits per heavy atom. The molecule has 0 aliphatic rings. The van der Waals surface area contributed by atoms with Crippen LogP contribution in [0.15, 0.2) is 18.2 Å². The molecule has 1 unspecified atom stereocenters. The van der Waals surface area contributed by atoms with Gasteiger partial charge in [-0.15, -0.1) is 0 Å². The normalized spacial score (nSPS) is 12.6. The molecule has 7 nitrogen and oxygen atoms in total. The van der Waals surface area contributed by atoms with Crippen LogP contribution in [0.4, 0.5) is 11.4 Å². The summed E-state index contributed by atoms with van der Waals surface area (Å²) in [7, 11) is -3.46. The quantitative estimate of drug-likeness (QED) is 0.709. The molecule has 110 valence electrons. The van der Waals surface area contributed by atoms with Gasteiger partial charge in [0, 0.05) is 0 Å². The zero-order chi connectivity index (χ0) is 15.5. The van der Waals surface area contributed by atoms with Gasteiger partial charge in [-0.2, -0.15) is 0 Å². The predicted octanol–water partition coefficient (Wildman–Crippen LogP) is 1.37. The minimum absolute atomic E-state index is 0.124. The number of sulfonamides is 1. The lowest BCUT2D eigenvalue weighted by Gasteiger charge is -2.12. The van der Waals surface area contributed by atoms with E-state index in [-0.39, 0.29) is 16.4 Å².